The summed E-state index contributed by atoms with van der Waals surface area (Å²) in [7, 11) is 0. The van der Waals surface area contributed by atoms with Gasteiger partial charge in [0.1, 0.15) is 29.8 Å². The Morgan fingerprint density at radius 2 is 1.70 bits per heavy atom. The Kier molecular flexibility index (Phi) is 4.35. The van der Waals surface area contributed by atoms with Gasteiger partial charge in [0.05, 0.1) is 10.6 Å². The van der Waals surface area contributed by atoms with Crippen molar-refractivity contribution in [2.24, 2.45) is 0 Å². The van der Waals surface area contributed by atoms with Gasteiger partial charge in [-0.1, -0.05) is 30.3 Å². The van der Waals surface area contributed by atoms with Crippen LogP contribution >= 0.6 is 11.6 Å². The van der Waals surface area contributed by atoms with Crippen LogP contribution in [0.5, 0.6) is 5.75 Å². The molecule has 0 bridgehead atoms. The summed E-state index contributed by atoms with van der Waals surface area (Å²) in [5.74, 6) is -2.70. The molecule has 0 amide bonds. The fraction of sp³-hybridized carbons (Fsp3) is 0.0667. The zero-order valence-corrected chi connectivity index (χ0v) is 11.1. The Hall–Kier alpha value is -1.94. The molecular formula is C15H10ClF3O. The lowest BCUT2D eigenvalue weighted by Gasteiger charge is -2.11. The predicted octanol–water partition coefficient (Wildman–Crippen LogP) is 4.99. The van der Waals surface area contributed by atoms with E-state index in [4.69, 9.17) is 16.3 Å². The smallest absolute Gasteiger partial charge is 0.137 e. The summed E-state index contributed by atoms with van der Waals surface area (Å²) in [4.78, 5) is 0. The van der Waals surface area contributed by atoms with E-state index in [0.717, 1.165) is 18.2 Å². The molecule has 0 saturated carbocycles. The average Bonchev–Trinajstić information content (AvgIpc) is 2.39. The molecule has 0 saturated heterocycles. The van der Waals surface area contributed by atoms with Gasteiger partial charge in [-0.15, -0.1) is 0 Å². The third-order valence-corrected chi connectivity index (χ3v) is 2.91. The lowest BCUT2D eigenvalue weighted by molar-refractivity contribution is 0.358. The molecule has 1 nitrogen and oxygen atoms in total. The molecule has 0 radical (unpaired) electrons. The molecule has 0 heterocycles. The first kappa shape index (κ1) is 14.5. The van der Waals surface area contributed by atoms with E-state index in [1.54, 1.807) is 0 Å². The molecule has 0 aliphatic carbocycles. The number of hydrogen-bond donors (Lipinski definition) is 0. The van der Waals surface area contributed by atoms with Gasteiger partial charge in [0, 0.05) is 17.7 Å². The fourth-order valence-corrected chi connectivity index (χ4v) is 2.02. The van der Waals surface area contributed by atoms with Crippen LogP contribution < -0.4 is 4.74 Å². The lowest BCUT2D eigenvalue weighted by Crippen LogP contribution is -1.98. The van der Waals surface area contributed by atoms with E-state index in [1.807, 2.05) is 0 Å². The average molecular weight is 299 g/mol. The zero-order valence-electron chi connectivity index (χ0n) is 10.3. The van der Waals surface area contributed by atoms with Crippen LogP contribution in [0.2, 0.25) is 5.02 Å². The highest BCUT2D eigenvalue weighted by atomic mass is 35.5. The topological polar surface area (TPSA) is 9.23 Å². The van der Waals surface area contributed by atoms with E-state index in [9.17, 15) is 13.2 Å². The minimum atomic E-state index is -0.948. The molecule has 0 aromatic heterocycles. The third-order valence-electron chi connectivity index (χ3n) is 2.60. The molecule has 2 aromatic carbocycles. The summed E-state index contributed by atoms with van der Waals surface area (Å²) in [6, 6.07) is 5.76. The number of rotatable bonds is 4. The van der Waals surface area contributed by atoms with Crippen molar-refractivity contribution in [2.75, 3.05) is 6.61 Å². The van der Waals surface area contributed by atoms with Crippen molar-refractivity contribution in [2.45, 2.75) is 0 Å². The van der Waals surface area contributed by atoms with E-state index in [1.165, 1.54) is 18.2 Å². The SMILES string of the molecule is C=CCOc1cc(F)c(-c2c(F)cccc2Cl)c(F)c1. The van der Waals surface area contributed by atoms with Gasteiger partial charge >= 0.3 is 0 Å². The molecule has 20 heavy (non-hydrogen) atoms. The van der Waals surface area contributed by atoms with E-state index < -0.39 is 23.0 Å². The number of ether oxygens (including phenoxy) is 1. The van der Waals surface area contributed by atoms with E-state index in [2.05, 4.69) is 6.58 Å². The van der Waals surface area contributed by atoms with Crippen LogP contribution in [-0.4, -0.2) is 6.61 Å². The minimum absolute atomic E-state index is 0.00360. The van der Waals surface area contributed by atoms with Crippen molar-refractivity contribution in [3.05, 3.63) is 65.5 Å². The van der Waals surface area contributed by atoms with E-state index in [0.29, 0.717) is 0 Å². The normalized spacial score (nSPS) is 10.4. The molecule has 0 fully saturated rings. The highest BCUT2D eigenvalue weighted by molar-refractivity contribution is 6.33. The monoisotopic (exact) mass is 298 g/mol. The summed E-state index contributed by atoms with van der Waals surface area (Å²) < 4.78 is 46.8. The van der Waals surface area contributed by atoms with Crippen LogP contribution in [0.25, 0.3) is 11.1 Å². The van der Waals surface area contributed by atoms with Gasteiger partial charge in [-0.2, -0.15) is 0 Å². The maximum absolute atomic E-state index is 14.0. The Morgan fingerprint density at radius 1 is 1.05 bits per heavy atom. The molecule has 2 aromatic rings. The third kappa shape index (κ3) is 2.80. The van der Waals surface area contributed by atoms with Crippen molar-refractivity contribution in [1.82, 2.24) is 0 Å². The highest BCUT2D eigenvalue weighted by Gasteiger charge is 2.19. The second-order valence-electron chi connectivity index (χ2n) is 3.96. The van der Waals surface area contributed by atoms with Crippen LogP contribution in [0.15, 0.2) is 43.0 Å². The Morgan fingerprint density at radius 3 is 2.25 bits per heavy atom. The maximum Gasteiger partial charge on any atom is 0.137 e. The summed E-state index contributed by atoms with van der Waals surface area (Å²) in [5, 5.41) is -0.0671. The molecule has 0 atom stereocenters. The quantitative estimate of drug-likeness (QED) is 0.723. The van der Waals surface area contributed by atoms with Crippen LogP contribution in [-0.2, 0) is 0 Å². The summed E-state index contributed by atoms with van der Waals surface area (Å²) in [6.45, 7) is 3.54. The minimum Gasteiger partial charge on any atom is -0.489 e. The van der Waals surface area contributed by atoms with Crippen molar-refractivity contribution >= 4 is 11.6 Å². The number of benzene rings is 2. The second-order valence-corrected chi connectivity index (χ2v) is 4.37. The molecule has 0 aliphatic rings. The first-order chi connectivity index (χ1) is 9.54. The van der Waals surface area contributed by atoms with Crippen molar-refractivity contribution in [3.8, 4) is 16.9 Å². The molecule has 0 aliphatic heterocycles. The zero-order chi connectivity index (χ0) is 14.7. The Labute approximate surface area is 119 Å². The van der Waals surface area contributed by atoms with Crippen LogP contribution in [0.3, 0.4) is 0 Å². The standard InChI is InChI=1S/C15H10ClF3O/c1-2-6-20-9-7-12(18)15(13(19)8-9)14-10(16)4-3-5-11(14)17/h2-5,7-8H,1,6H2. The predicted molar refractivity (Wildman–Crippen MR) is 72.5 cm³/mol. The molecule has 0 spiro atoms. The van der Waals surface area contributed by atoms with Gasteiger partial charge in [0.2, 0.25) is 0 Å². The number of hydrogen-bond acceptors (Lipinski definition) is 1. The van der Waals surface area contributed by atoms with Crippen LogP contribution in [0, 0.1) is 17.5 Å². The van der Waals surface area contributed by atoms with Crippen molar-refractivity contribution < 1.29 is 17.9 Å². The number of halogens is 4. The lowest BCUT2D eigenvalue weighted by atomic mass is 10.0. The van der Waals surface area contributed by atoms with E-state index in [-0.39, 0.29) is 22.9 Å². The van der Waals surface area contributed by atoms with Crippen molar-refractivity contribution in [3.63, 3.8) is 0 Å². The molecule has 0 N–H and O–H groups in total. The van der Waals surface area contributed by atoms with E-state index >= 15 is 0 Å². The maximum atomic E-state index is 14.0. The Balaban J connectivity index is 2.55. The second kappa shape index (κ2) is 6.01. The van der Waals surface area contributed by atoms with Crippen molar-refractivity contribution in [1.29, 1.82) is 0 Å². The molecule has 0 unspecified atom stereocenters. The van der Waals surface area contributed by atoms with Gasteiger partial charge in [0.25, 0.3) is 0 Å². The Bertz CT molecular complexity index is 612. The first-order valence-electron chi connectivity index (χ1n) is 5.71. The van der Waals surface area contributed by atoms with Gasteiger partial charge in [0.15, 0.2) is 0 Å². The molecule has 104 valence electrons. The highest BCUT2D eigenvalue weighted by Crippen LogP contribution is 2.36. The van der Waals surface area contributed by atoms with Gasteiger partial charge in [-0.25, -0.2) is 13.2 Å². The van der Waals surface area contributed by atoms with Gasteiger partial charge in [-0.05, 0) is 12.1 Å². The molecule has 5 heteroatoms. The van der Waals surface area contributed by atoms with Gasteiger partial charge in [-0.3, -0.25) is 0 Å². The van der Waals surface area contributed by atoms with Gasteiger partial charge < -0.3 is 4.74 Å². The first-order valence-corrected chi connectivity index (χ1v) is 6.09. The summed E-state index contributed by atoms with van der Waals surface area (Å²) in [6.07, 6.45) is 1.44. The largest absolute Gasteiger partial charge is 0.489 e. The fourth-order valence-electron chi connectivity index (χ4n) is 1.76. The summed E-state index contributed by atoms with van der Waals surface area (Å²) >= 11 is 5.81. The van der Waals surface area contributed by atoms with Crippen LogP contribution in [0.1, 0.15) is 0 Å². The summed E-state index contributed by atoms with van der Waals surface area (Å²) in [5.41, 5.74) is -0.821. The molecular weight excluding hydrogens is 289 g/mol. The van der Waals surface area contributed by atoms with Crippen LogP contribution in [0.4, 0.5) is 13.2 Å². The molecule has 2 rings (SSSR count).